The zero-order chi connectivity index (χ0) is 15.5. The molecule has 0 atom stereocenters. The van der Waals surface area contributed by atoms with Crippen molar-refractivity contribution in [1.29, 1.82) is 0 Å². The van der Waals surface area contributed by atoms with Crippen molar-refractivity contribution in [3.63, 3.8) is 0 Å². The minimum absolute atomic E-state index is 0.136. The van der Waals surface area contributed by atoms with E-state index in [0.29, 0.717) is 13.0 Å². The maximum Gasteiger partial charge on any atom is 0.451 e. The number of aromatic nitrogens is 3. The van der Waals surface area contributed by atoms with Gasteiger partial charge in [-0.15, -0.1) is 0 Å². The first-order valence-electron chi connectivity index (χ1n) is 6.08. The first-order chi connectivity index (χ1) is 9.86. The average molecular weight is 317 g/mol. The van der Waals surface area contributed by atoms with E-state index in [9.17, 15) is 13.2 Å². The summed E-state index contributed by atoms with van der Waals surface area (Å²) in [6.45, 7) is 0.495. The Hall–Kier alpha value is -1.89. The summed E-state index contributed by atoms with van der Waals surface area (Å²) < 4.78 is 38.0. The SMILES string of the molecule is CN(CCc1ccncc1)c1cc(Cl)nc(C(F)(F)F)n1. The molecule has 0 radical (unpaired) electrons. The van der Waals surface area contributed by atoms with Crippen molar-refractivity contribution < 1.29 is 13.2 Å². The molecular formula is C13H12ClF3N4. The molecule has 0 aromatic carbocycles. The molecule has 0 saturated carbocycles. The van der Waals surface area contributed by atoms with Gasteiger partial charge in [0, 0.05) is 32.1 Å². The van der Waals surface area contributed by atoms with Crippen molar-refractivity contribution in [2.45, 2.75) is 12.6 Å². The predicted octanol–water partition coefficient (Wildman–Crippen LogP) is 3.22. The first kappa shape index (κ1) is 15.5. The molecule has 0 saturated heterocycles. The molecule has 2 heterocycles. The molecule has 0 unspecified atom stereocenters. The number of likely N-dealkylation sites (N-methyl/N-ethyl adjacent to an activating group) is 1. The lowest BCUT2D eigenvalue weighted by Gasteiger charge is -2.19. The minimum atomic E-state index is -4.62. The van der Waals surface area contributed by atoms with Crippen molar-refractivity contribution in [1.82, 2.24) is 15.0 Å². The number of rotatable bonds is 4. The molecule has 0 aliphatic heterocycles. The highest BCUT2D eigenvalue weighted by molar-refractivity contribution is 6.29. The van der Waals surface area contributed by atoms with Gasteiger partial charge in [-0.2, -0.15) is 13.2 Å². The number of pyridine rings is 1. The fourth-order valence-corrected chi connectivity index (χ4v) is 1.87. The highest BCUT2D eigenvalue weighted by atomic mass is 35.5. The van der Waals surface area contributed by atoms with Crippen LogP contribution in [0.25, 0.3) is 0 Å². The van der Waals surface area contributed by atoms with Gasteiger partial charge < -0.3 is 4.90 Å². The Morgan fingerprint density at radius 1 is 1.19 bits per heavy atom. The summed E-state index contributed by atoms with van der Waals surface area (Å²) in [5.74, 6) is -1.10. The minimum Gasteiger partial charge on any atom is -0.359 e. The summed E-state index contributed by atoms with van der Waals surface area (Å²) in [5.41, 5.74) is 1.04. The van der Waals surface area contributed by atoms with E-state index in [4.69, 9.17) is 11.6 Å². The number of anilines is 1. The summed E-state index contributed by atoms with van der Waals surface area (Å²) in [6.07, 6.45) is -0.634. The van der Waals surface area contributed by atoms with Crippen molar-refractivity contribution in [3.05, 3.63) is 47.1 Å². The van der Waals surface area contributed by atoms with Crippen LogP contribution in [0.2, 0.25) is 5.15 Å². The summed E-state index contributed by atoms with van der Waals surface area (Å²) in [7, 11) is 1.65. The Balaban J connectivity index is 2.12. The van der Waals surface area contributed by atoms with Gasteiger partial charge in [0.25, 0.3) is 0 Å². The third kappa shape index (κ3) is 4.29. The maximum atomic E-state index is 12.7. The highest BCUT2D eigenvalue weighted by Crippen LogP contribution is 2.28. The Morgan fingerprint density at radius 2 is 1.86 bits per heavy atom. The lowest BCUT2D eigenvalue weighted by molar-refractivity contribution is -0.144. The zero-order valence-electron chi connectivity index (χ0n) is 11.1. The molecule has 2 aromatic rings. The number of hydrogen-bond donors (Lipinski definition) is 0. The van der Waals surface area contributed by atoms with Crippen molar-refractivity contribution >= 4 is 17.4 Å². The lowest BCUT2D eigenvalue weighted by Crippen LogP contribution is -2.23. The van der Waals surface area contributed by atoms with Crippen LogP contribution in [0.1, 0.15) is 11.4 Å². The van der Waals surface area contributed by atoms with Crippen LogP contribution in [0.4, 0.5) is 19.0 Å². The summed E-state index contributed by atoms with van der Waals surface area (Å²) >= 11 is 5.63. The van der Waals surface area contributed by atoms with Crippen LogP contribution in [0.5, 0.6) is 0 Å². The smallest absolute Gasteiger partial charge is 0.359 e. The zero-order valence-corrected chi connectivity index (χ0v) is 11.9. The van der Waals surface area contributed by atoms with Crippen molar-refractivity contribution in [2.75, 3.05) is 18.5 Å². The average Bonchev–Trinajstić information content (AvgIpc) is 2.44. The predicted molar refractivity (Wildman–Crippen MR) is 73.3 cm³/mol. The Morgan fingerprint density at radius 3 is 2.48 bits per heavy atom. The third-order valence-electron chi connectivity index (χ3n) is 2.81. The quantitative estimate of drug-likeness (QED) is 0.812. The van der Waals surface area contributed by atoms with E-state index in [0.717, 1.165) is 5.56 Å². The van der Waals surface area contributed by atoms with Gasteiger partial charge in [-0.05, 0) is 24.1 Å². The lowest BCUT2D eigenvalue weighted by atomic mass is 10.2. The van der Waals surface area contributed by atoms with Gasteiger partial charge in [-0.3, -0.25) is 4.98 Å². The summed E-state index contributed by atoms with van der Waals surface area (Å²) in [4.78, 5) is 12.2. The molecule has 0 fully saturated rings. The molecular weight excluding hydrogens is 305 g/mol. The topological polar surface area (TPSA) is 41.9 Å². The van der Waals surface area contributed by atoms with Gasteiger partial charge in [0.1, 0.15) is 11.0 Å². The second-order valence-electron chi connectivity index (χ2n) is 4.40. The van der Waals surface area contributed by atoms with Crippen LogP contribution in [0, 0.1) is 0 Å². The molecule has 8 heteroatoms. The second-order valence-corrected chi connectivity index (χ2v) is 4.78. The maximum absolute atomic E-state index is 12.7. The molecule has 4 nitrogen and oxygen atoms in total. The van der Waals surface area contributed by atoms with E-state index in [1.54, 1.807) is 24.3 Å². The number of alkyl halides is 3. The third-order valence-corrected chi connectivity index (χ3v) is 3.00. The number of nitrogens with zero attached hydrogens (tertiary/aromatic N) is 4. The molecule has 2 aromatic heterocycles. The molecule has 0 aliphatic rings. The van der Waals surface area contributed by atoms with Crippen LogP contribution in [-0.4, -0.2) is 28.5 Å². The van der Waals surface area contributed by atoms with Gasteiger partial charge in [0.15, 0.2) is 0 Å². The highest BCUT2D eigenvalue weighted by Gasteiger charge is 2.35. The fraction of sp³-hybridized carbons (Fsp3) is 0.308. The standard InChI is InChI=1S/C13H12ClF3N4/c1-21(7-4-9-2-5-18-6-3-9)11-8-10(14)19-12(20-11)13(15,16)17/h2-3,5-6,8H,4,7H2,1H3. The van der Waals surface area contributed by atoms with Crippen LogP contribution in [-0.2, 0) is 12.6 Å². The van der Waals surface area contributed by atoms with Crippen LogP contribution < -0.4 is 4.90 Å². The van der Waals surface area contributed by atoms with Crippen LogP contribution in [0.15, 0.2) is 30.6 Å². The van der Waals surface area contributed by atoms with Gasteiger partial charge in [0.2, 0.25) is 5.82 Å². The van der Waals surface area contributed by atoms with Gasteiger partial charge in [0.05, 0.1) is 0 Å². The monoisotopic (exact) mass is 316 g/mol. The molecule has 0 N–H and O–H groups in total. The van der Waals surface area contributed by atoms with Crippen molar-refractivity contribution in [3.8, 4) is 0 Å². The molecule has 0 spiro atoms. The Kier molecular flexibility index (Phi) is 4.62. The molecule has 0 aliphatic carbocycles. The fourth-order valence-electron chi connectivity index (χ4n) is 1.69. The van der Waals surface area contributed by atoms with Gasteiger partial charge in [-0.25, -0.2) is 9.97 Å². The van der Waals surface area contributed by atoms with Crippen LogP contribution >= 0.6 is 11.6 Å². The molecule has 0 amide bonds. The second kappa shape index (κ2) is 6.26. The van der Waals surface area contributed by atoms with E-state index in [1.807, 2.05) is 12.1 Å². The van der Waals surface area contributed by atoms with Crippen LogP contribution in [0.3, 0.4) is 0 Å². The Labute approximate surface area is 124 Å². The molecule has 2 rings (SSSR count). The Bertz CT molecular complexity index is 604. The largest absolute Gasteiger partial charge is 0.451 e. The number of hydrogen-bond acceptors (Lipinski definition) is 4. The van der Waals surface area contributed by atoms with E-state index >= 15 is 0 Å². The summed E-state index contributed by atoms with van der Waals surface area (Å²) in [5, 5.41) is -0.233. The molecule has 112 valence electrons. The van der Waals surface area contributed by atoms with Crippen molar-refractivity contribution in [2.24, 2.45) is 0 Å². The van der Waals surface area contributed by atoms with E-state index < -0.39 is 12.0 Å². The van der Waals surface area contributed by atoms with E-state index in [-0.39, 0.29) is 11.0 Å². The van der Waals surface area contributed by atoms with E-state index in [2.05, 4.69) is 15.0 Å². The van der Waals surface area contributed by atoms with E-state index in [1.165, 1.54) is 6.07 Å². The van der Waals surface area contributed by atoms with Gasteiger partial charge >= 0.3 is 6.18 Å². The first-order valence-corrected chi connectivity index (χ1v) is 6.46. The normalized spacial score (nSPS) is 11.5. The molecule has 0 bridgehead atoms. The van der Waals surface area contributed by atoms with Gasteiger partial charge in [-0.1, -0.05) is 11.6 Å². The molecule has 21 heavy (non-hydrogen) atoms. The summed E-state index contributed by atoms with van der Waals surface area (Å²) in [6, 6.07) is 5.01. The number of halogens is 4.